The highest BCUT2D eigenvalue weighted by atomic mass is 16.2. The van der Waals surface area contributed by atoms with E-state index in [1.54, 1.807) is 6.21 Å². The normalized spacial score (nSPS) is 27.7. The number of nitrogens with zero attached hydrogens (tertiary/aromatic N) is 1. The van der Waals surface area contributed by atoms with E-state index in [4.69, 9.17) is 0 Å². The summed E-state index contributed by atoms with van der Waals surface area (Å²) < 4.78 is 0. The van der Waals surface area contributed by atoms with Crippen LogP contribution in [0.15, 0.2) is 35.6 Å². The first-order chi connectivity index (χ1) is 10.3. The number of aromatic amines is 1. The molecule has 21 heavy (non-hydrogen) atoms. The SMILES string of the molecule is O=C(N/N=C\c1c[nH]c2ccccc12)C1C2CCCCC21. The highest BCUT2D eigenvalue weighted by Gasteiger charge is 2.54. The lowest BCUT2D eigenvalue weighted by Crippen LogP contribution is -2.20. The Bertz CT molecular complexity index is 691. The Morgan fingerprint density at radius 2 is 2.00 bits per heavy atom. The van der Waals surface area contributed by atoms with Crippen LogP contribution in [-0.2, 0) is 4.79 Å². The van der Waals surface area contributed by atoms with Gasteiger partial charge >= 0.3 is 0 Å². The van der Waals surface area contributed by atoms with Crippen LogP contribution in [0.2, 0.25) is 0 Å². The van der Waals surface area contributed by atoms with Gasteiger partial charge in [-0.2, -0.15) is 5.10 Å². The Morgan fingerprint density at radius 1 is 1.24 bits per heavy atom. The molecule has 0 saturated heterocycles. The van der Waals surface area contributed by atoms with Crippen LogP contribution in [0, 0.1) is 17.8 Å². The molecule has 2 aliphatic rings. The molecule has 1 aromatic carbocycles. The van der Waals surface area contributed by atoms with Gasteiger partial charge in [-0.1, -0.05) is 31.0 Å². The van der Waals surface area contributed by atoms with E-state index in [0.717, 1.165) is 16.5 Å². The monoisotopic (exact) mass is 281 g/mol. The fourth-order valence-electron chi connectivity index (χ4n) is 3.82. The van der Waals surface area contributed by atoms with Crippen LogP contribution < -0.4 is 5.43 Å². The van der Waals surface area contributed by atoms with Gasteiger partial charge in [0, 0.05) is 28.6 Å². The number of H-pyrrole nitrogens is 1. The molecular weight excluding hydrogens is 262 g/mol. The van der Waals surface area contributed by atoms with Crippen molar-refractivity contribution in [2.75, 3.05) is 0 Å². The molecule has 108 valence electrons. The summed E-state index contributed by atoms with van der Waals surface area (Å²) in [5.41, 5.74) is 4.80. The third-order valence-electron chi connectivity index (χ3n) is 4.96. The Hall–Kier alpha value is -2.10. The number of hydrazone groups is 1. The number of amides is 1. The largest absolute Gasteiger partial charge is 0.361 e. The van der Waals surface area contributed by atoms with Gasteiger partial charge in [-0.05, 0) is 30.7 Å². The minimum absolute atomic E-state index is 0.1000. The van der Waals surface area contributed by atoms with E-state index in [1.807, 2.05) is 30.5 Å². The van der Waals surface area contributed by atoms with E-state index in [1.165, 1.54) is 25.7 Å². The Balaban J connectivity index is 1.41. The van der Waals surface area contributed by atoms with Gasteiger partial charge < -0.3 is 4.98 Å². The maximum absolute atomic E-state index is 12.1. The molecule has 1 amide bonds. The van der Waals surface area contributed by atoms with Crippen molar-refractivity contribution in [3.05, 3.63) is 36.0 Å². The lowest BCUT2D eigenvalue weighted by atomic mass is 10.0. The highest BCUT2D eigenvalue weighted by Crippen LogP contribution is 2.55. The van der Waals surface area contributed by atoms with Gasteiger partial charge in [-0.25, -0.2) is 5.43 Å². The molecule has 2 atom stereocenters. The van der Waals surface area contributed by atoms with Crippen molar-refractivity contribution in [3.8, 4) is 0 Å². The second-order valence-corrected chi connectivity index (χ2v) is 6.16. The van der Waals surface area contributed by atoms with Crippen LogP contribution in [0.3, 0.4) is 0 Å². The molecule has 0 spiro atoms. The van der Waals surface area contributed by atoms with Crippen LogP contribution in [0.5, 0.6) is 0 Å². The first kappa shape index (κ1) is 12.6. The highest BCUT2D eigenvalue weighted by molar-refractivity contribution is 5.99. The summed E-state index contributed by atoms with van der Waals surface area (Å²) in [4.78, 5) is 15.3. The fourth-order valence-corrected chi connectivity index (χ4v) is 3.82. The van der Waals surface area contributed by atoms with Crippen LogP contribution in [0.1, 0.15) is 31.2 Å². The van der Waals surface area contributed by atoms with Crippen molar-refractivity contribution in [3.63, 3.8) is 0 Å². The molecule has 2 aliphatic carbocycles. The average Bonchev–Trinajstić information content (AvgIpc) is 3.12. The van der Waals surface area contributed by atoms with Gasteiger partial charge in [-0.15, -0.1) is 0 Å². The first-order valence-corrected chi connectivity index (χ1v) is 7.73. The van der Waals surface area contributed by atoms with E-state index >= 15 is 0 Å². The molecular formula is C17H19N3O. The third kappa shape index (κ3) is 2.24. The maximum Gasteiger partial charge on any atom is 0.243 e. The average molecular weight is 281 g/mol. The lowest BCUT2D eigenvalue weighted by Gasteiger charge is -2.04. The molecule has 2 N–H and O–H groups in total. The van der Waals surface area contributed by atoms with E-state index in [9.17, 15) is 4.79 Å². The van der Waals surface area contributed by atoms with E-state index in [2.05, 4.69) is 15.5 Å². The van der Waals surface area contributed by atoms with Crippen molar-refractivity contribution < 1.29 is 4.79 Å². The summed E-state index contributed by atoms with van der Waals surface area (Å²) in [6.45, 7) is 0. The molecule has 2 fully saturated rings. The van der Waals surface area contributed by atoms with Crippen LogP contribution in [0.4, 0.5) is 0 Å². The summed E-state index contributed by atoms with van der Waals surface area (Å²) >= 11 is 0. The fraction of sp³-hybridized carbons (Fsp3) is 0.412. The molecule has 2 saturated carbocycles. The number of rotatable bonds is 3. The number of benzene rings is 1. The van der Waals surface area contributed by atoms with Crippen molar-refractivity contribution >= 4 is 23.0 Å². The van der Waals surface area contributed by atoms with Gasteiger partial charge in [-0.3, -0.25) is 4.79 Å². The lowest BCUT2D eigenvalue weighted by molar-refractivity contribution is -0.122. The van der Waals surface area contributed by atoms with Crippen molar-refractivity contribution in [1.82, 2.24) is 10.4 Å². The number of carbonyl (C=O) groups excluding carboxylic acids is 1. The predicted octanol–water partition coefficient (Wildman–Crippen LogP) is 3.05. The molecule has 1 aromatic heterocycles. The third-order valence-corrected chi connectivity index (χ3v) is 4.96. The van der Waals surface area contributed by atoms with Crippen LogP contribution in [-0.4, -0.2) is 17.1 Å². The number of hydrogen-bond acceptors (Lipinski definition) is 2. The summed E-state index contributed by atoms with van der Waals surface area (Å²) in [5, 5.41) is 5.26. The van der Waals surface area contributed by atoms with Crippen LogP contribution in [0.25, 0.3) is 10.9 Å². The first-order valence-electron chi connectivity index (χ1n) is 7.73. The second-order valence-electron chi connectivity index (χ2n) is 6.16. The molecule has 0 aliphatic heterocycles. The topological polar surface area (TPSA) is 57.2 Å². The molecule has 4 rings (SSSR count). The predicted molar refractivity (Wildman–Crippen MR) is 83.0 cm³/mol. The minimum Gasteiger partial charge on any atom is -0.361 e. The summed E-state index contributed by atoms with van der Waals surface area (Å²) in [7, 11) is 0. The van der Waals surface area contributed by atoms with Gasteiger partial charge in [0.2, 0.25) is 5.91 Å². The number of carbonyl (C=O) groups is 1. The Kier molecular flexibility index (Phi) is 3.02. The van der Waals surface area contributed by atoms with Gasteiger partial charge in [0.05, 0.1) is 6.21 Å². The van der Waals surface area contributed by atoms with Crippen molar-refractivity contribution in [2.45, 2.75) is 25.7 Å². The number of nitrogens with one attached hydrogen (secondary N) is 2. The zero-order chi connectivity index (χ0) is 14.2. The van der Waals surface area contributed by atoms with Gasteiger partial charge in [0.15, 0.2) is 0 Å². The molecule has 2 unspecified atom stereocenters. The van der Waals surface area contributed by atoms with Crippen molar-refractivity contribution in [1.29, 1.82) is 0 Å². The number of hydrogen-bond donors (Lipinski definition) is 2. The van der Waals surface area contributed by atoms with Crippen molar-refractivity contribution in [2.24, 2.45) is 22.9 Å². The zero-order valence-corrected chi connectivity index (χ0v) is 11.9. The molecule has 1 heterocycles. The van der Waals surface area contributed by atoms with Crippen LogP contribution >= 0.6 is 0 Å². The van der Waals surface area contributed by atoms with E-state index in [0.29, 0.717) is 11.8 Å². The van der Waals surface area contributed by atoms with E-state index in [-0.39, 0.29) is 11.8 Å². The van der Waals surface area contributed by atoms with Gasteiger partial charge in [0.25, 0.3) is 0 Å². The molecule has 0 bridgehead atoms. The summed E-state index contributed by atoms with van der Waals surface area (Å²) in [5.74, 6) is 1.57. The van der Waals surface area contributed by atoms with E-state index < -0.39 is 0 Å². The quantitative estimate of drug-likeness (QED) is 0.659. The number of para-hydroxylation sites is 1. The molecule has 4 heteroatoms. The Labute approximate surface area is 123 Å². The maximum atomic E-state index is 12.1. The number of aromatic nitrogens is 1. The molecule has 0 radical (unpaired) electrons. The molecule has 2 aromatic rings. The minimum atomic E-state index is 0.1000. The van der Waals surface area contributed by atoms with Gasteiger partial charge in [0.1, 0.15) is 0 Å². The summed E-state index contributed by atoms with van der Waals surface area (Å²) in [6.07, 6.45) is 8.64. The Morgan fingerprint density at radius 3 is 2.81 bits per heavy atom. The standard InChI is InChI=1S/C17H19N3O/c21-17(16-13-6-1-2-7-14(13)16)20-19-10-11-9-18-15-8-4-3-5-12(11)15/h3-5,8-10,13-14,16,18H,1-2,6-7H2,(H,20,21)/b19-10-. The smallest absolute Gasteiger partial charge is 0.243 e. The summed E-state index contributed by atoms with van der Waals surface area (Å²) in [6, 6.07) is 8.07. The zero-order valence-electron chi connectivity index (χ0n) is 11.9. The second kappa shape index (κ2) is 5.02. The molecule has 4 nitrogen and oxygen atoms in total. The number of fused-ring (bicyclic) bond motifs is 2.